The number of rotatable bonds is 3. The Bertz CT molecular complexity index is 262. The predicted octanol–water partition coefficient (Wildman–Crippen LogP) is 1.15. The average Bonchev–Trinajstić information content (AvgIpc) is 2.58. The fourth-order valence-electron chi connectivity index (χ4n) is 2.44. The Hall–Kier alpha value is -0.570. The second-order valence-corrected chi connectivity index (χ2v) is 5.83. The highest BCUT2D eigenvalue weighted by Crippen LogP contribution is 2.50. The van der Waals surface area contributed by atoms with Gasteiger partial charge >= 0.3 is 0 Å². The first-order valence-electron chi connectivity index (χ1n) is 6.02. The second-order valence-electron chi connectivity index (χ2n) is 5.83. The van der Waals surface area contributed by atoms with Gasteiger partial charge in [-0.15, -0.1) is 0 Å². The molecule has 0 spiro atoms. The molecule has 15 heavy (non-hydrogen) atoms. The van der Waals surface area contributed by atoms with Crippen molar-refractivity contribution >= 4 is 5.91 Å². The zero-order valence-corrected chi connectivity index (χ0v) is 9.97. The quantitative estimate of drug-likeness (QED) is 0.733. The van der Waals surface area contributed by atoms with Crippen molar-refractivity contribution in [2.45, 2.75) is 39.7 Å². The highest BCUT2D eigenvalue weighted by Gasteiger charge is 2.45. The Labute approximate surface area is 92.0 Å². The van der Waals surface area contributed by atoms with Crippen molar-refractivity contribution in [3.05, 3.63) is 0 Å². The topological polar surface area (TPSA) is 41.1 Å². The third kappa shape index (κ3) is 2.33. The van der Waals surface area contributed by atoms with Crippen LogP contribution in [0.2, 0.25) is 0 Å². The Kier molecular flexibility index (Phi) is 2.75. The first kappa shape index (κ1) is 10.9. The number of hydrogen-bond donors (Lipinski definition) is 2. The Morgan fingerprint density at radius 2 is 2.20 bits per heavy atom. The average molecular weight is 210 g/mol. The summed E-state index contributed by atoms with van der Waals surface area (Å²) in [5.41, 5.74) is 0.460. The van der Waals surface area contributed by atoms with E-state index >= 15 is 0 Å². The maximum absolute atomic E-state index is 11.8. The summed E-state index contributed by atoms with van der Waals surface area (Å²) >= 11 is 0. The summed E-state index contributed by atoms with van der Waals surface area (Å²) in [6.07, 6.45) is 2.37. The summed E-state index contributed by atoms with van der Waals surface area (Å²) in [4.78, 5) is 11.8. The van der Waals surface area contributed by atoms with E-state index in [1.54, 1.807) is 0 Å². The van der Waals surface area contributed by atoms with Crippen molar-refractivity contribution in [3.63, 3.8) is 0 Å². The SMILES string of the molecule is CC1CCNC1C(=O)NCC1CC1(C)C. The van der Waals surface area contributed by atoms with Crippen LogP contribution in [0.4, 0.5) is 0 Å². The van der Waals surface area contributed by atoms with E-state index in [4.69, 9.17) is 0 Å². The molecule has 1 heterocycles. The maximum Gasteiger partial charge on any atom is 0.237 e. The third-order valence-corrected chi connectivity index (χ3v) is 4.06. The van der Waals surface area contributed by atoms with Gasteiger partial charge in [0.1, 0.15) is 0 Å². The summed E-state index contributed by atoms with van der Waals surface area (Å²) in [6, 6.07) is 0.0480. The lowest BCUT2D eigenvalue weighted by molar-refractivity contribution is -0.123. The lowest BCUT2D eigenvalue weighted by Crippen LogP contribution is -2.44. The van der Waals surface area contributed by atoms with Crippen molar-refractivity contribution < 1.29 is 4.79 Å². The summed E-state index contributed by atoms with van der Waals surface area (Å²) < 4.78 is 0. The summed E-state index contributed by atoms with van der Waals surface area (Å²) in [5, 5.41) is 6.33. The van der Waals surface area contributed by atoms with Gasteiger partial charge < -0.3 is 10.6 Å². The van der Waals surface area contributed by atoms with E-state index in [-0.39, 0.29) is 11.9 Å². The molecule has 1 aliphatic carbocycles. The summed E-state index contributed by atoms with van der Waals surface area (Å²) in [5.74, 6) is 1.37. The van der Waals surface area contributed by atoms with Crippen molar-refractivity contribution in [2.24, 2.45) is 17.3 Å². The molecule has 3 atom stereocenters. The first-order chi connectivity index (χ1) is 7.00. The van der Waals surface area contributed by atoms with Crippen molar-refractivity contribution in [3.8, 4) is 0 Å². The minimum Gasteiger partial charge on any atom is -0.354 e. The van der Waals surface area contributed by atoms with Crippen molar-refractivity contribution in [1.29, 1.82) is 0 Å². The zero-order valence-electron chi connectivity index (χ0n) is 9.97. The summed E-state index contributed by atoms with van der Waals surface area (Å²) in [6.45, 7) is 8.51. The molecule has 0 bridgehead atoms. The van der Waals surface area contributed by atoms with Gasteiger partial charge in [-0.3, -0.25) is 4.79 Å². The Morgan fingerprint density at radius 1 is 1.53 bits per heavy atom. The van der Waals surface area contributed by atoms with Crippen LogP contribution in [0, 0.1) is 17.3 Å². The van der Waals surface area contributed by atoms with E-state index < -0.39 is 0 Å². The van der Waals surface area contributed by atoms with Crippen LogP contribution in [0.1, 0.15) is 33.6 Å². The van der Waals surface area contributed by atoms with Gasteiger partial charge in [0.25, 0.3) is 0 Å². The van der Waals surface area contributed by atoms with Crippen LogP contribution in [0.15, 0.2) is 0 Å². The molecule has 0 aromatic carbocycles. The molecule has 0 aromatic heterocycles. The molecule has 1 aliphatic heterocycles. The van der Waals surface area contributed by atoms with E-state index in [1.165, 1.54) is 6.42 Å². The van der Waals surface area contributed by atoms with Crippen LogP contribution in [-0.4, -0.2) is 25.0 Å². The standard InChI is InChI=1S/C12H22N2O/c1-8-4-5-13-10(8)11(15)14-7-9-6-12(9,2)3/h8-10,13H,4-7H2,1-3H3,(H,14,15). The highest BCUT2D eigenvalue weighted by atomic mass is 16.2. The molecule has 1 saturated carbocycles. The van der Waals surface area contributed by atoms with Gasteiger partial charge in [0.2, 0.25) is 5.91 Å². The molecule has 3 unspecified atom stereocenters. The van der Waals surface area contributed by atoms with Gasteiger partial charge in [-0.25, -0.2) is 0 Å². The molecule has 0 radical (unpaired) electrons. The molecule has 2 aliphatic rings. The molecular weight excluding hydrogens is 188 g/mol. The smallest absolute Gasteiger partial charge is 0.237 e. The monoisotopic (exact) mass is 210 g/mol. The fraction of sp³-hybridized carbons (Fsp3) is 0.917. The summed E-state index contributed by atoms with van der Waals surface area (Å²) in [7, 11) is 0. The first-order valence-corrected chi connectivity index (χ1v) is 6.02. The minimum absolute atomic E-state index is 0.0480. The molecule has 2 fully saturated rings. The van der Waals surface area contributed by atoms with E-state index in [2.05, 4.69) is 31.4 Å². The second kappa shape index (κ2) is 3.78. The Balaban J connectivity index is 1.73. The largest absolute Gasteiger partial charge is 0.354 e. The molecule has 86 valence electrons. The highest BCUT2D eigenvalue weighted by molar-refractivity contribution is 5.82. The molecule has 3 nitrogen and oxygen atoms in total. The van der Waals surface area contributed by atoms with Crippen molar-refractivity contribution in [2.75, 3.05) is 13.1 Å². The van der Waals surface area contributed by atoms with Gasteiger partial charge in [-0.1, -0.05) is 20.8 Å². The Morgan fingerprint density at radius 3 is 2.67 bits per heavy atom. The van der Waals surface area contributed by atoms with Gasteiger partial charge in [0.15, 0.2) is 0 Å². The molecule has 2 N–H and O–H groups in total. The van der Waals surface area contributed by atoms with E-state index in [0.717, 1.165) is 19.5 Å². The van der Waals surface area contributed by atoms with Crippen LogP contribution in [0.3, 0.4) is 0 Å². The number of hydrogen-bond acceptors (Lipinski definition) is 2. The lowest BCUT2D eigenvalue weighted by Gasteiger charge is -2.15. The van der Waals surface area contributed by atoms with Crippen LogP contribution in [0.25, 0.3) is 0 Å². The number of carbonyl (C=O) groups excluding carboxylic acids is 1. The lowest BCUT2D eigenvalue weighted by atomic mass is 10.0. The van der Waals surface area contributed by atoms with Gasteiger partial charge in [0.05, 0.1) is 6.04 Å². The minimum atomic E-state index is 0.0480. The van der Waals surface area contributed by atoms with E-state index in [1.807, 2.05) is 0 Å². The van der Waals surface area contributed by atoms with E-state index in [9.17, 15) is 4.79 Å². The van der Waals surface area contributed by atoms with Gasteiger partial charge in [-0.05, 0) is 36.6 Å². The number of amides is 1. The molecule has 1 amide bonds. The predicted molar refractivity (Wildman–Crippen MR) is 60.5 cm³/mol. The number of nitrogens with one attached hydrogen (secondary N) is 2. The van der Waals surface area contributed by atoms with Gasteiger partial charge in [0, 0.05) is 6.54 Å². The normalized spacial score (nSPS) is 37.7. The molecule has 2 rings (SSSR count). The molecule has 0 aromatic rings. The fourth-order valence-corrected chi connectivity index (χ4v) is 2.44. The maximum atomic E-state index is 11.8. The molecule has 1 saturated heterocycles. The third-order valence-electron chi connectivity index (χ3n) is 4.06. The molecule has 3 heteroatoms. The molecular formula is C12H22N2O. The number of carbonyl (C=O) groups is 1. The van der Waals surface area contributed by atoms with Crippen molar-refractivity contribution in [1.82, 2.24) is 10.6 Å². The van der Waals surface area contributed by atoms with Gasteiger partial charge in [-0.2, -0.15) is 0 Å². The zero-order chi connectivity index (χ0) is 11.1. The van der Waals surface area contributed by atoms with E-state index in [0.29, 0.717) is 17.3 Å². The van der Waals surface area contributed by atoms with Crippen LogP contribution in [-0.2, 0) is 4.79 Å². The van der Waals surface area contributed by atoms with Crippen LogP contribution in [0.5, 0.6) is 0 Å². The van der Waals surface area contributed by atoms with Crippen LogP contribution >= 0.6 is 0 Å². The van der Waals surface area contributed by atoms with Crippen LogP contribution < -0.4 is 10.6 Å².